The molecule has 0 saturated heterocycles. The number of carbonyl (C=O) groups is 1. The van der Waals surface area contributed by atoms with Crippen molar-refractivity contribution in [2.45, 2.75) is 104 Å². The van der Waals surface area contributed by atoms with Crippen molar-refractivity contribution < 1.29 is 14.3 Å². The fourth-order valence-corrected chi connectivity index (χ4v) is 4.92. The van der Waals surface area contributed by atoms with Gasteiger partial charge in [0.1, 0.15) is 18.1 Å². The summed E-state index contributed by atoms with van der Waals surface area (Å²) < 4.78 is 12.2. The summed E-state index contributed by atoms with van der Waals surface area (Å²) in [4.78, 5) is 12.8. The summed E-state index contributed by atoms with van der Waals surface area (Å²) in [5.74, 6) is 2.10. The Kier molecular flexibility index (Phi) is 13.2. The van der Waals surface area contributed by atoms with Crippen LogP contribution in [0.5, 0.6) is 11.5 Å². The quantitative estimate of drug-likeness (QED) is 0.117. The van der Waals surface area contributed by atoms with Crippen LogP contribution in [-0.4, -0.2) is 12.4 Å². The molecule has 0 N–H and O–H groups in total. The SMILES string of the molecule is CCCCCCCCCOc1ccc2c(OCc3ccc(C(=O)[C@H](C)CCCCCC)cc3)cccc2c1. The van der Waals surface area contributed by atoms with Gasteiger partial charge in [-0.3, -0.25) is 4.79 Å². The van der Waals surface area contributed by atoms with Gasteiger partial charge >= 0.3 is 0 Å². The molecule has 0 unspecified atom stereocenters. The Balaban J connectivity index is 1.48. The molecule has 0 fully saturated rings. The van der Waals surface area contributed by atoms with E-state index in [0.717, 1.165) is 59.3 Å². The highest BCUT2D eigenvalue weighted by Crippen LogP contribution is 2.29. The number of hydrogen-bond acceptors (Lipinski definition) is 3. The second-order valence-corrected chi connectivity index (χ2v) is 10.7. The molecule has 0 bridgehead atoms. The van der Waals surface area contributed by atoms with Gasteiger partial charge in [0.25, 0.3) is 0 Å². The van der Waals surface area contributed by atoms with Crippen molar-refractivity contribution in [1.29, 1.82) is 0 Å². The number of ether oxygens (including phenoxy) is 2. The van der Waals surface area contributed by atoms with E-state index in [0.29, 0.717) is 6.61 Å². The molecule has 0 aromatic heterocycles. The number of hydrogen-bond donors (Lipinski definition) is 0. The van der Waals surface area contributed by atoms with Crippen molar-refractivity contribution in [1.82, 2.24) is 0 Å². The highest BCUT2D eigenvalue weighted by Gasteiger charge is 2.15. The van der Waals surface area contributed by atoms with Crippen LogP contribution in [0.1, 0.15) is 114 Å². The predicted molar refractivity (Wildman–Crippen MR) is 160 cm³/mol. The minimum Gasteiger partial charge on any atom is -0.494 e. The maximum Gasteiger partial charge on any atom is 0.165 e. The average molecular weight is 517 g/mol. The number of unbranched alkanes of at least 4 members (excludes halogenated alkanes) is 9. The predicted octanol–water partition coefficient (Wildman–Crippen LogP) is 10.3. The van der Waals surface area contributed by atoms with Crippen molar-refractivity contribution in [3.8, 4) is 11.5 Å². The van der Waals surface area contributed by atoms with E-state index in [1.54, 1.807) is 0 Å². The molecule has 1 atom stereocenters. The molecule has 3 rings (SSSR count). The number of ketones is 1. The summed E-state index contributed by atoms with van der Waals surface area (Å²) in [6, 6.07) is 20.3. The summed E-state index contributed by atoms with van der Waals surface area (Å²) in [6.07, 6.45) is 14.8. The number of rotatable bonds is 19. The van der Waals surface area contributed by atoms with Crippen LogP contribution in [-0.2, 0) is 6.61 Å². The Morgan fingerprint density at radius 1 is 0.737 bits per heavy atom. The maximum absolute atomic E-state index is 12.8. The molecule has 3 nitrogen and oxygen atoms in total. The van der Waals surface area contributed by atoms with E-state index in [4.69, 9.17) is 9.47 Å². The van der Waals surface area contributed by atoms with Gasteiger partial charge in [0.05, 0.1) is 6.61 Å². The number of benzene rings is 3. The highest BCUT2D eigenvalue weighted by atomic mass is 16.5. The van der Waals surface area contributed by atoms with Gasteiger partial charge in [-0.1, -0.05) is 121 Å². The second kappa shape index (κ2) is 16.9. The summed E-state index contributed by atoms with van der Waals surface area (Å²) in [7, 11) is 0. The van der Waals surface area contributed by atoms with Crippen LogP contribution >= 0.6 is 0 Å². The molecular weight excluding hydrogens is 468 g/mol. The zero-order valence-corrected chi connectivity index (χ0v) is 24.0. The van der Waals surface area contributed by atoms with Gasteiger partial charge in [-0.05, 0) is 48.1 Å². The van der Waals surface area contributed by atoms with Gasteiger partial charge in [-0.15, -0.1) is 0 Å². The first kappa shape index (κ1) is 29.7. The van der Waals surface area contributed by atoms with Crippen LogP contribution in [0.2, 0.25) is 0 Å². The Labute approximate surface area is 230 Å². The highest BCUT2D eigenvalue weighted by molar-refractivity contribution is 5.97. The second-order valence-electron chi connectivity index (χ2n) is 10.7. The zero-order valence-electron chi connectivity index (χ0n) is 24.0. The Bertz CT molecular complexity index is 1090. The zero-order chi connectivity index (χ0) is 27.0. The lowest BCUT2D eigenvalue weighted by Gasteiger charge is -2.13. The molecule has 0 aliphatic carbocycles. The molecule has 3 heteroatoms. The molecule has 38 heavy (non-hydrogen) atoms. The van der Waals surface area contributed by atoms with Crippen LogP contribution in [0.4, 0.5) is 0 Å². The number of carbonyl (C=O) groups excluding carboxylic acids is 1. The summed E-state index contributed by atoms with van der Waals surface area (Å²) in [5.41, 5.74) is 1.86. The molecule has 0 amide bonds. The van der Waals surface area contributed by atoms with Crippen molar-refractivity contribution >= 4 is 16.6 Å². The first-order chi connectivity index (χ1) is 18.6. The van der Waals surface area contributed by atoms with E-state index in [-0.39, 0.29) is 11.7 Å². The van der Waals surface area contributed by atoms with E-state index >= 15 is 0 Å². The van der Waals surface area contributed by atoms with Crippen molar-refractivity contribution in [2.75, 3.05) is 6.61 Å². The van der Waals surface area contributed by atoms with Gasteiger partial charge in [-0.25, -0.2) is 0 Å². The molecular formula is C35H48O3. The van der Waals surface area contributed by atoms with Crippen LogP contribution in [0.15, 0.2) is 60.7 Å². The number of Topliss-reactive ketones (excluding diaryl/α,β-unsaturated/α-hetero) is 1. The van der Waals surface area contributed by atoms with Gasteiger partial charge in [-0.2, -0.15) is 0 Å². The first-order valence-corrected chi connectivity index (χ1v) is 15.0. The normalized spacial score (nSPS) is 12.0. The van der Waals surface area contributed by atoms with E-state index in [9.17, 15) is 4.79 Å². The van der Waals surface area contributed by atoms with Gasteiger partial charge in [0.15, 0.2) is 5.78 Å². The Morgan fingerprint density at radius 3 is 2.16 bits per heavy atom. The standard InChI is InChI=1S/C35H48O3/c1-4-6-8-10-11-12-14-25-37-32-23-24-33-31(26-32)17-15-18-34(33)38-27-29-19-21-30(22-20-29)35(36)28(3)16-13-9-7-5-2/h15,17-24,26,28H,4-14,16,25,27H2,1-3H3/t28-/m1/s1. The van der Waals surface area contributed by atoms with Crippen molar-refractivity contribution in [3.63, 3.8) is 0 Å². The molecule has 0 aliphatic rings. The van der Waals surface area contributed by atoms with Crippen LogP contribution < -0.4 is 9.47 Å². The fraction of sp³-hybridized carbons (Fsp3) is 0.514. The Hall–Kier alpha value is -2.81. The lowest BCUT2D eigenvalue weighted by atomic mass is 9.93. The third kappa shape index (κ3) is 9.82. The summed E-state index contributed by atoms with van der Waals surface area (Å²) in [6.45, 7) is 7.76. The average Bonchev–Trinajstić information content (AvgIpc) is 2.95. The summed E-state index contributed by atoms with van der Waals surface area (Å²) >= 11 is 0. The maximum atomic E-state index is 12.8. The molecule has 0 aliphatic heterocycles. The first-order valence-electron chi connectivity index (χ1n) is 15.0. The lowest BCUT2D eigenvalue weighted by molar-refractivity contribution is 0.0922. The molecule has 3 aromatic rings. The van der Waals surface area contributed by atoms with E-state index in [1.165, 1.54) is 57.8 Å². The molecule has 0 heterocycles. The largest absolute Gasteiger partial charge is 0.494 e. The molecule has 0 radical (unpaired) electrons. The number of fused-ring (bicyclic) bond motifs is 1. The third-order valence-electron chi connectivity index (χ3n) is 7.40. The van der Waals surface area contributed by atoms with Gasteiger partial charge in [0.2, 0.25) is 0 Å². The fourth-order valence-electron chi connectivity index (χ4n) is 4.92. The van der Waals surface area contributed by atoms with Crippen molar-refractivity contribution in [2.24, 2.45) is 5.92 Å². The minimum absolute atomic E-state index is 0.0778. The van der Waals surface area contributed by atoms with Crippen molar-refractivity contribution in [3.05, 3.63) is 71.8 Å². The van der Waals surface area contributed by atoms with Crippen LogP contribution in [0, 0.1) is 5.92 Å². The molecule has 206 valence electrons. The summed E-state index contributed by atoms with van der Waals surface area (Å²) in [5, 5.41) is 2.20. The topological polar surface area (TPSA) is 35.5 Å². The van der Waals surface area contributed by atoms with Crippen LogP contribution in [0.25, 0.3) is 10.8 Å². The van der Waals surface area contributed by atoms with E-state index in [1.807, 2.05) is 42.5 Å². The smallest absolute Gasteiger partial charge is 0.165 e. The molecule has 3 aromatic carbocycles. The molecule has 0 spiro atoms. The van der Waals surface area contributed by atoms with E-state index in [2.05, 4.69) is 39.0 Å². The molecule has 0 saturated carbocycles. The Morgan fingerprint density at radius 2 is 1.42 bits per heavy atom. The van der Waals surface area contributed by atoms with Gasteiger partial charge in [0, 0.05) is 16.9 Å². The third-order valence-corrected chi connectivity index (χ3v) is 7.40. The van der Waals surface area contributed by atoms with E-state index < -0.39 is 0 Å². The monoisotopic (exact) mass is 516 g/mol. The minimum atomic E-state index is 0.0778. The van der Waals surface area contributed by atoms with Crippen LogP contribution in [0.3, 0.4) is 0 Å². The van der Waals surface area contributed by atoms with Gasteiger partial charge < -0.3 is 9.47 Å². The lowest BCUT2D eigenvalue weighted by Crippen LogP contribution is -2.11.